The van der Waals surface area contributed by atoms with Crippen LogP contribution < -0.4 is 10.6 Å². The van der Waals surface area contributed by atoms with Gasteiger partial charge in [0.25, 0.3) is 0 Å². The van der Waals surface area contributed by atoms with E-state index in [0.29, 0.717) is 6.42 Å². The van der Waals surface area contributed by atoms with E-state index in [0.717, 1.165) is 46.0 Å². The SMILES string of the molecule is CCc1ccccc1NC(=O)CNC(=O)CCc1c(C)nc2cc(C)nn2c1C. The minimum absolute atomic E-state index is 0.0511. The molecule has 2 amide bonds. The van der Waals surface area contributed by atoms with Gasteiger partial charge in [0.1, 0.15) is 0 Å². The topological polar surface area (TPSA) is 88.4 Å². The number of nitrogens with one attached hydrogen (secondary N) is 2. The first kappa shape index (κ1) is 20.5. The molecule has 7 heteroatoms. The zero-order valence-electron chi connectivity index (χ0n) is 17.4. The van der Waals surface area contributed by atoms with E-state index in [2.05, 4.69) is 20.7 Å². The summed E-state index contributed by atoms with van der Waals surface area (Å²) in [5.74, 6) is -0.402. The van der Waals surface area contributed by atoms with Crippen LogP contribution in [-0.4, -0.2) is 33.0 Å². The maximum Gasteiger partial charge on any atom is 0.243 e. The van der Waals surface area contributed by atoms with Crippen LogP contribution in [0.25, 0.3) is 5.65 Å². The number of hydrogen-bond donors (Lipinski definition) is 2. The highest BCUT2D eigenvalue weighted by molar-refractivity contribution is 5.95. The summed E-state index contributed by atoms with van der Waals surface area (Å²) in [6.45, 7) is 7.85. The summed E-state index contributed by atoms with van der Waals surface area (Å²) in [4.78, 5) is 29.0. The molecule has 29 heavy (non-hydrogen) atoms. The monoisotopic (exact) mass is 393 g/mol. The Balaban J connectivity index is 1.55. The molecule has 0 unspecified atom stereocenters. The number of amides is 2. The molecule has 0 aliphatic rings. The van der Waals surface area contributed by atoms with Crippen molar-refractivity contribution in [3.8, 4) is 0 Å². The van der Waals surface area contributed by atoms with Crippen molar-refractivity contribution in [3.05, 3.63) is 58.5 Å². The Morgan fingerprint density at radius 3 is 2.62 bits per heavy atom. The van der Waals surface area contributed by atoms with Gasteiger partial charge in [-0.2, -0.15) is 5.10 Å². The molecule has 0 saturated heterocycles. The van der Waals surface area contributed by atoms with E-state index in [-0.39, 0.29) is 24.8 Å². The van der Waals surface area contributed by atoms with Gasteiger partial charge in [-0.1, -0.05) is 25.1 Å². The summed E-state index contributed by atoms with van der Waals surface area (Å²) in [6.07, 6.45) is 1.66. The van der Waals surface area contributed by atoms with Crippen molar-refractivity contribution in [2.24, 2.45) is 0 Å². The fourth-order valence-electron chi connectivity index (χ4n) is 3.45. The number of carbonyl (C=O) groups excluding carboxylic acids is 2. The van der Waals surface area contributed by atoms with Crippen LogP contribution in [0.3, 0.4) is 0 Å². The highest BCUT2D eigenvalue weighted by atomic mass is 16.2. The lowest BCUT2D eigenvalue weighted by atomic mass is 10.1. The van der Waals surface area contributed by atoms with E-state index < -0.39 is 0 Å². The van der Waals surface area contributed by atoms with E-state index in [1.54, 1.807) is 0 Å². The molecule has 2 N–H and O–H groups in total. The third-order valence-corrected chi connectivity index (χ3v) is 5.01. The molecule has 0 bridgehead atoms. The van der Waals surface area contributed by atoms with Crippen LogP contribution in [0.15, 0.2) is 30.3 Å². The summed E-state index contributed by atoms with van der Waals surface area (Å²) in [7, 11) is 0. The van der Waals surface area contributed by atoms with Crippen molar-refractivity contribution in [2.75, 3.05) is 11.9 Å². The number of benzene rings is 1. The lowest BCUT2D eigenvalue weighted by Gasteiger charge is -2.12. The van der Waals surface area contributed by atoms with Crippen molar-refractivity contribution in [1.29, 1.82) is 0 Å². The summed E-state index contributed by atoms with van der Waals surface area (Å²) >= 11 is 0. The third-order valence-electron chi connectivity index (χ3n) is 5.01. The van der Waals surface area contributed by atoms with Gasteiger partial charge >= 0.3 is 0 Å². The molecular weight excluding hydrogens is 366 g/mol. The Bertz CT molecular complexity index is 1050. The Labute approximate surface area is 170 Å². The number of nitrogens with zero attached hydrogens (tertiary/aromatic N) is 3. The number of carbonyl (C=O) groups is 2. The molecule has 3 aromatic rings. The molecular formula is C22H27N5O2. The van der Waals surface area contributed by atoms with Gasteiger partial charge in [0.05, 0.1) is 12.2 Å². The van der Waals surface area contributed by atoms with Crippen LogP contribution in [0, 0.1) is 20.8 Å². The maximum atomic E-state index is 12.3. The molecule has 0 fully saturated rings. The van der Waals surface area contributed by atoms with E-state index in [1.165, 1.54) is 0 Å². The Kier molecular flexibility index (Phi) is 6.26. The predicted octanol–water partition coefficient (Wildman–Crippen LogP) is 2.90. The van der Waals surface area contributed by atoms with Crippen molar-refractivity contribution >= 4 is 23.1 Å². The summed E-state index contributed by atoms with van der Waals surface area (Å²) < 4.78 is 1.81. The van der Waals surface area contributed by atoms with Gasteiger partial charge in [0.2, 0.25) is 11.8 Å². The Morgan fingerprint density at radius 2 is 1.86 bits per heavy atom. The number of fused-ring (bicyclic) bond motifs is 1. The van der Waals surface area contributed by atoms with Gasteiger partial charge in [-0.25, -0.2) is 9.50 Å². The Morgan fingerprint density at radius 1 is 1.10 bits per heavy atom. The van der Waals surface area contributed by atoms with Crippen LogP contribution in [0.4, 0.5) is 5.69 Å². The smallest absolute Gasteiger partial charge is 0.243 e. The molecule has 0 saturated carbocycles. The predicted molar refractivity (Wildman–Crippen MR) is 113 cm³/mol. The molecule has 152 valence electrons. The molecule has 2 heterocycles. The van der Waals surface area contributed by atoms with Gasteiger partial charge in [0, 0.05) is 29.6 Å². The normalized spacial score (nSPS) is 10.9. The van der Waals surface area contributed by atoms with Crippen LogP contribution in [0.1, 0.15) is 41.6 Å². The number of rotatable bonds is 7. The third kappa shape index (κ3) is 4.80. The Hall–Kier alpha value is -3.22. The summed E-state index contributed by atoms with van der Waals surface area (Å²) in [6, 6.07) is 9.60. The van der Waals surface area contributed by atoms with E-state index in [4.69, 9.17) is 0 Å². The van der Waals surface area contributed by atoms with Gasteiger partial charge in [-0.15, -0.1) is 0 Å². The van der Waals surface area contributed by atoms with Crippen molar-refractivity contribution in [3.63, 3.8) is 0 Å². The molecule has 1 aromatic carbocycles. The van der Waals surface area contributed by atoms with Crippen molar-refractivity contribution in [2.45, 2.75) is 47.0 Å². The summed E-state index contributed by atoms with van der Waals surface area (Å²) in [5, 5.41) is 10.0. The summed E-state index contributed by atoms with van der Waals surface area (Å²) in [5.41, 5.74) is 6.47. The second-order valence-corrected chi connectivity index (χ2v) is 7.15. The highest BCUT2D eigenvalue weighted by Gasteiger charge is 2.13. The molecule has 0 radical (unpaired) electrons. The molecule has 7 nitrogen and oxygen atoms in total. The average molecular weight is 393 g/mol. The minimum atomic E-state index is -0.235. The minimum Gasteiger partial charge on any atom is -0.347 e. The number of aryl methyl sites for hydroxylation is 4. The second-order valence-electron chi connectivity index (χ2n) is 7.15. The first-order valence-corrected chi connectivity index (χ1v) is 9.86. The van der Waals surface area contributed by atoms with E-state index in [1.807, 2.05) is 62.5 Å². The number of para-hydroxylation sites is 1. The molecule has 0 aliphatic heterocycles. The van der Waals surface area contributed by atoms with Crippen molar-refractivity contribution in [1.82, 2.24) is 19.9 Å². The second kappa shape index (κ2) is 8.86. The number of hydrogen-bond acceptors (Lipinski definition) is 4. The van der Waals surface area contributed by atoms with Crippen molar-refractivity contribution < 1.29 is 9.59 Å². The van der Waals surface area contributed by atoms with Gasteiger partial charge < -0.3 is 10.6 Å². The fraction of sp³-hybridized carbons (Fsp3) is 0.364. The maximum absolute atomic E-state index is 12.3. The fourth-order valence-corrected chi connectivity index (χ4v) is 3.45. The number of aromatic nitrogens is 3. The molecule has 0 aliphatic carbocycles. The van der Waals surface area contributed by atoms with Crippen LogP contribution in [0.5, 0.6) is 0 Å². The van der Waals surface area contributed by atoms with Crippen LogP contribution >= 0.6 is 0 Å². The molecule has 3 rings (SSSR count). The standard InChI is InChI=1S/C22H27N5O2/c1-5-17-8-6-7-9-19(17)25-22(29)13-23-21(28)11-10-18-15(3)24-20-12-14(2)26-27(20)16(18)4/h6-9,12H,5,10-11,13H2,1-4H3,(H,23,28)(H,25,29). The lowest BCUT2D eigenvalue weighted by molar-refractivity contribution is -0.124. The van der Waals surface area contributed by atoms with E-state index in [9.17, 15) is 9.59 Å². The van der Waals surface area contributed by atoms with Crippen LogP contribution in [-0.2, 0) is 22.4 Å². The highest BCUT2D eigenvalue weighted by Crippen LogP contribution is 2.17. The lowest BCUT2D eigenvalue weighted by Crippen LogP contribution is -2.33. The zero-order valence-corrected chi connectivity index (χ0v) is 17.4. The quantitative estimate of drug-likeness (QED) is 0.646. The zero-order chi connectivity index (χ0) is 21.0. The first-order valence-electron chi connectivity index (χ1n) is 9.86. The van der Waals surface area contributed by atoms with Gasteiger partial charge in [-0.05, 0) is 50.8 Å². The first-order chi connectivity index (χ1) is 13.9. The molecule has 0 spiro atoms. The average Bonchev–Trinajstić information content (AvgIpc) is 3.07. The largest absolute Gasteiger partial charge is 0.347 e. The molecule has 0 atom stereocenters. The molecule has 2 aromatic heterocycles. The number of anilines is 1. The van der Waals surface area contributed by atoms with E-state index >= 15 is 0 Å². The van der Waals surface area contributed by atoms with Gasteiger partial charge in [-0.3, -0.25) is 9.59 Å². The van der Waals surface area contributed by atoms with Gasteiger partial charge in [0.15, 0.2) is 5.65 Å². The van der Waals surface area contributed by atoms with Crippen LogP contribution in [0.2, 0.25) is 0 Å².